The maximum Gasteiger partial charge on any atom is 0.300 e. The third kappa shape index (κ3) is 5.55. The summed E-state index contributed by atoms with van der Waals surface area (Å²) < 4.78 is 11.4. The summed E-state index contributed by atoms with van der Waals surface area (Å²) in [5.74, 6) is -0.256. The van der Waals surface area contributed by atoms with E-state index in [2.05, 4.69) is 20.8 Å². The molecule has 3 aromatic rings. The number of carbonyl (C=O) groups is 2. The SMILES string of the molecule is CCOc1ccc(C2/C(=C(/O)c3ccc(OCC)c(C(C)(C)C)c3)C(=O)C(=O)N2c2ccc(N(C)C)cc2)cc1. The van der Waals surface area contributed by atoms with E-state index >= 15 is 0 Å². The smallest absolute Gasteiger partial charge is 0.300 e. The van der Waals surface area contributed by atoms with Crippen molar-refractivity contribution in [2.75, 3.05) is 37.1 Å². The van der Waals surface area contributed by atoms with Gasteiger partial charge in [0, 0.05) is 36.6 Å². The number of hydrogen-bond donors (Lipinski definition) is 1. The lowest BCUT2D eigenvalue weighted by atomic mass is 9.84. The van der Waals surface area contributed by atoms with E-state index in [1.165, 1.54) is 4.90 Å². The van der Waals surface area contributed by atoms with Crippen LogP contribution < -0.4 is 19.3 Å². The van der Waals surface area contributed by atoms with E-state index in [0.29, 0.717) is 35.8 Å². The highest BCUT2D eigenvalue weighted by Crippen LogP contribution is 2.43. The number of aliphatic hydroxyl groups is 1. The van der Waals surface area contributed by atoms with E-state index < -0.39 is 17.7 Å². The van der Waals surface area contributed by atoms with E-state index in [0.717, 1.165) is 17.0 Å². The Kier molecular flexibility index (Phi) is 8.24. The molecule has 1 unspecified atom stereocenters. The van der Waals surface area contributed by atoms with Crippen LogP contribution in [0.1, 0.15) is 57.4 Å². The number of anilines is 2. The van der Waals surface area contributed by atoms with E-state index in [9.17, 15) is 14.7 Å². The Morgan fingerprint density at radius 1 is 0.900 bits per heavy atom. The molecule has 3 aromatic carbocycles. The number of ketones is 1. The summed E-state index contributed by atoms with van der Waals surface area (Å²) in [6, 6.07) is 19.2. The number of nitrogens with zero attached hydrogens (tertiary/aromatic N) is 2. The zero-order valence-corrected chi connectivity index (χ0v) is 24.3. The largest absolute Gasteiger partial charge is 0.507 e. The van der Waals surface area contributed by atoms with Gasteiger partial charge in [0.25, 0.3) is 11.7 Å². The molecule has 0 bridgehead atoms. The summed E-state index contributed by atoms with van der Waals surface area (Å²) in [4.78, 5) is 30.6. The Bertz CT molecular complexity index is 1420. The normalized spacial score (nSPS) is 16.8. The molecule has 1 N–H and O–H groups in total. The van der Waals surface area contributed by atoms with Crippen molar-refractivity contribution in [1.29, 1.82) is 0 Å². The van der Waals surface area contributed by atoms with Crippen LogP contribution in [-0.2, 0) is 15.0 Å². The molecule has 1 saturated heterocycles. The maximum atomic E-state index is 13.6. The summed E-state index contributed by atoms with van der Waals surface area (Å²) in [6.45, 7) is 11.0. The summed E-state index contributed by atoms with van der Waals surface area (Å²) in [5.41, 5.74) is 3.30. The number of ether oxygens (including phenoxy) is 2. The van der Waals surface area contributed by atoms with Crippen molar-refractivity contribution in [3.05, 3.63) is 89.0 Å². The van der Waals surface area contributed by atoms with E-state index in [1.54, 1.807) is 12.1 Å². The molecule has 1 aliphatic heterocycles. The van der Waals surface area contributed by atoms with E-state index in [-0.39, 0.29) is 16.7 Å². The first-order chi connectivity index (χ1) is 19.0. The second kappa shape index (κ2) is 11.5. The van der Waals surface area contributed by atoms with Crippen molar-refractivity contribution in [2.24, 2.45) is 0 Å². The van der Waals surface area contributed by atoms with Crippen molar-refractivity contribution >= 4 is 28.8 Å². The highest BCUT2D eigenvalue weighted by atomic mass is 16.5. The molecule has 1 aliphatic rings. The Labute approximate surface area is 236 Å². The number of amides is 1. The van der Waals surface area contributed by atoms with E-state index in [4.69, 9.17) is 9.47 Å². The fraction of sp³-hybridized carbons (Fsp3) is 0.333. The van der Waals surface area contributed by atoms with Crippen molar-refractivity contribution in [1.82, 2.24) is 0 Å². The zero-order chi connectivity index (χ0) is 29.2. The lowest BCUT2D eigenvalue weighted by molar-refractivity contribution is -0.132. The molecule has 7 nitrogen and oxygen atoms in total. The van der Waals surface area contributed by atoms with Gasteiger partial charge in [0.1, 0.15) is 17.3 Å². The van der Waals surface area contributed by atoms with Crippen LogP contribution in [0.3, 0.4) is 0 Å². The third-order valence-corrected chi connectivity index (χ3v) is 6.96. The Morgan fingerprint density at radius 2 is 1.52 bits per heavy atom. The van der Waals surface area contributed by atoms with Crippen molar-refractivity contribution in [3.63, 3.8) is 0 Å². The van der Waals surface area contributed by atoms with Crippen LogP contribution in [0, 0.1) is 0 Å². The van der Waals surface area contributed by atoms with Gasteiger partial charge in [-0.3, -0.25) is 14.5 Å². The van der Waals surface area contributed by atoms with Gasteiger partial charge >= 0.3 is 0 Å². The lowest BCUT2D eigenvalue weighted by Gasteiger charge is -2.26. The number of aliphatic hydroxyl groups excluding tert-OH is 1. The highest BCUT2D eigenvalue weighted by molar-refractivity contribution is 6.51. The second-order valence-electron chi connectivity index (χ2n) is 11.0. The fourth-order valence-corrected chi connectivity index (χ4v) is 4.94. The average molecular weight is 543 g/mol. The summed E-state index contributed by atoms with van der Waals surface area (Å²) in [7, 11) is 3.87. The summed E-state index contributed by atoms with van der Waals surface area (Å²) in [6.07, 6.45) is 0. The lowest BCUT2D eigenvalue weighted by Crippen LogP contribution is -2.29. The van der Waals surface area contributed by atoms with E-state index in [1.807, 2.05) is 87.4 Å². The number of Topliss-reactive ketones (excluding diaryl/α,β-unsaturated/α-hetero) is 1. The van der Waals surface area contributed by atoms with Gasteiger partial charge in [0.2, 0.25) is 0 Å². The molecule has 0 radical (unpaired) electrons. The van der Waals surface area contributed by atoms with Gasteiger partial charge in [-0.05, 0) is 79.4 Å². The molecule has 1 atom stereocenters. The van der Waals surface area contributed by atoms with Crippen LogP contribution in [0.15, 0.2) is 72.3 Å². The van der Waals surface area contributed by atoms with Crippen LogP contribution >= 0.6 is 0 Å². The van der Waals surface area contributed by atoms with Crippen molar-refractivity contribution in [3.8, 4) is 11.5 Å². The Morgan fingerprint density at radius 3 is 2.08 bits per heavy atom. The van der Waals surface area contributed by atoms with Gasteiger partial charge in [0.15, 0.2) is 0 Å². The van der Waals surface area contributed by atoms with Gasteiger partial charge in [-0.1, -0.05) is 32.9 Å². The van der Waals surface area contributed by atoms with Gasteiger partial charge < -0.3 is 19.5 Å². The molecule has 4 rings (SSSR count). The minimum absolute atomic E-state index is 0.0369. The number of carbonyl (C=O) groups excluding carboxylic acids is 2. The van der Waals surface area contributed by atoms with Crippen molar-refractivity contribution < 1.29 is 24.2 Å². The molecular formula is C33H38N2O5. The van der Waals surface area contributed by atoms with Crippen LogP contribution in [0.25, 0.3) is 5.76 Å². The van der Waals surface area contributed by atoms with Crippen molar-refractivity contribution in [2.45, 2.75) is 46.1 Å². The van der Waals surface area contributed by atoms with Gasteiger partial charge in [-0.2, -0.15) is 0 Å². The molecule has 1 heterocycles. The predicted molar refractivity (Wildman–Crippen MR) is 159 cm³/mol. The summed E-state index contributed by atoms with van der Waals surface area (Å²) >= 11 is 0. The zero-order valence-electron chi connectivity index (χ0n) is 24.3. The summed E-state index contributed by atoms with van der Waals surface area (Å²) in [5, 5.41) is 11.7. The topological polar surface area (TPSA) is 79.3 Å². The monoisotopic (exact) mass is 542 g/mol. The number of hydrogen-bond acceptors (Lipinski definition) is 6. The molecule has 1 amide bonds. The molecule has 1 fully saturated rings. The maximum absolute atomic E-state index is 13.6. The standard InChI is InChI=1S/C33H38N2O5/c1-8-39-25-17-10-21(11-18-25)29-28(30(36)22-12-19-27(40-9-2)26(20-22)33(3,4)5)31(37)32(38)35(29)24-15-13-23(14-16-24)34(6)7/h10-20,29,36H,8-9H2,1-7H3/b30-28-. The minimum atomic E-state index is -0.828. The molecule has 0 aliphatic carbocycles. The number of benzene rings is 3. The quantitative estimate of drug-likeness (QED) is 0.200. The molecular weight excluding hydrogens is 504 g/mol. The Balaban J connectivity index is 1.91. The molecule has 0 spiro atoms. The first-order valence-electron chi connectivity index (χ1n) is 13.6. The van der Waals surface area contributed by atoms with Crippen LogP contribution in [-0.4, -0.2) is 44.1 Å². The average Bonchev–Trinajstić information content (AvgIpc) is 3.18. The van der Waals surface area contributed by atoms with Gasteiger partial charge in [-0.15, -0.1) is 0 Å². The highest BCUT2D eigenvalue weighted by Gasteiger charge is 2.47. The number of rotatable bonds is 8. The predicted octanol–water partition coefficient (Wildman–Crippen LogP) is 6.47. The first kappa shape index (κ1) is 28.7. The van der Waals surface area contributed by atoms with Crippen LogP contribution in [0.2, 0.25) is 0 Å². The first-order valence-corrected chi connectivity index (χ1v) is 13.6. The molecule has 40 heavy (non-hydrogen) atoms. The fourth-order valence-electron chi connectivity index (χ4n) is 4.94. The Hall–Kier alpha value is -4.26. The van der Waals surface area contributed by atoms with Crippen LogP contribution in [0.5, 0.6) is 11.5 Å². The minimum Gasteiger partial charge on any atom is -0.507 e. The molecule has 210 valence electrons. The van der Waals surface area contributed by atoms with Crippen LogP contribution in [0.4, 0.5) is 11.4 Å². The second-order valence-corrected chi connectivity index (χ2v) is 11.0. The van der Waals surface area contributed by atoms with Gasteiger partial charge in [-0.25, -0.2) is 0 Å². The molecule has 0 saturated carbocycles. The van der Waals surface area contributed by atoms with Gasteiger partial charge in [0.05, 0.1) is 24.8 Å². The molecule has 7 heteroatoms. The third-order valence-electron chi connectivity index (χ3n) is 6.96. The molecule has 0 aromatic heterocycles.